The Labute approximate surface area is 164 Å². The lowest BCUT2D eigenvalue weighted by atomic mass is 10.1. The number of hydrogen-bond donors (Lipinski definition) is 4. The van der Waals surface area contributed by atoms with Crippen molar-refractivity contribution in [3.8, 4) is 28.7 Å². The van der Waals surface area contributed by atoms with E-state index in [-0.39, 0.29) is 23.9 Å². The van der Waals surface area contributed by atoms with Crippen LogP contribution >= 0.6 is 12.4 Å². The van der Waals surface area contributed by atoms with Crippen LogP contribution in [0.2, 0.25) is 0 Å². The van der Waals surface area contributed by atoms with Gasteiger partial charge in [-0.15, -0.1) is 12.4 Å². The molecule has 150 valence electrons. The predicted octanol–water partition coefficient (Wildman–Crippen LogP) is 2.41. The van der Waals surface area contributed by atoms with Crippen molar-refractivity contribution in [2.24, 2.45) is 0 Å². The fourth-order valence-corrected chi connectivity index (χ4v) is 2.62. The van der Waals surface area contributed by atoms with Crippen molar-refractivity contribution in [3.63, 3.8) is 0 Å². The Hall–Kier alpha value is -2.35. The highest BCUT2D eigenvalue weighted by molar-refractivity contribution is 5.85. The van der Waals surface area contributed by atoms with Gasteiger partial charge in [-0.25, -0.2) is 0 Å². The summed E-state index contributed by atoms with van der Waals surface area (Å²) in [5.41, 5.74) is 1.53. The maximum Gasteiger partial charge on any atom is 0.203 e. The van der Waals surface area contributed by atoms with Gasteiger partial charge in [0.1, 0.15) is 0 Å². The lowest BCUT2D eigenvalue weighted by molar-refractivity contribution is 0.174. The third kappa shape index (κ3) is 5.82. The van der Waals surface area contributed by atoms with E-state index in [1.165, 1.54) is 12.1 Å². The molecule has 1 unspecified atom stereocenters. The highest BCUT2D eigenvalue weighted by Gasteiger charge is 2.13. The summed E-state index contributed by atoms with van der Waals surface area (Å²) in [5, 5.41) is 32.1. The molecule has 2 aromatic rings. The first kappa shape index (κ1) is 22.7. The van der Waals surface area contributed by atoms with E-state index in [9.17, 15) is 15.3 Å². The zero-order valence-electron chi connectivity index (χ0n) is 15.6. The first-order valence-electron chi connectivity index (χ1n) is 8.19. The van der Waals surface area contributed by atoms with Crippen molar-refractivity contribution < 1.29 is 29.5 Å². The molecular weight excluding hydrogens is 374 g/mol. The molecule has 0 amide bonds. The number of methoxy groups -OCH3 is 3. The second-order valence-corrected chi connectivity index (χ2v) is 5.75. The van der Waals surface area contributed by atoms with E-state index in [1.807, 2.05) is 12.1 Å². The van der Waals surface area contributed by atoms with Gasteiger partial charge in [0.2, 0.25) is 5.75 Å². The Kier molecular flexibility index (Phi) is 9.00. The van der Waals surface area contributed by atoms with E-state index in [0.717, 1.165) is 5.56 Å². The highest BCUT2D eigenvalue weighted by atomic mass is 35.5. The SMILES string of the molecule is COc1cc(CCNCC(O)c2ccc(O)c(O)c2)cc(OC)c1OC.Cl. The van der Waals surface area contributed by atoms with Crippen molar-refractivity contribution >= 4 is 12.4 Å². The van der Waals surface area contributed by atoms with Crippen LogP contribution < -0.4 is 19.5 Å². The molecule has 0 aliphatic carbocycles. The number of rotatable bonds is 9. The highest BCUT2D eigenvalue weighted by Crippen LogP contribution is 2.38. The van der Waals surface area contributed by atoms with E-state index in [2.05, 4.69) is 5.32 Å². The van der Waals surface area contributed by atoms with Gasteiger partial charge in [0, 0.05) is 6.54 Å². The fourth-order valence-electron chi connectivity index (χ4n) is 2.62. The molecule has 0 radical (unpaired) electrons. The molecule has 8 heteroatoms. The molecule has 1 atom stereocenters. The second-order valence-electron chi connectivity index (χ2n) is 5.75. The van der Waals surface area contributed by atoms with E-state index in [4.69, 9.17) is 14.2 Å². The molecule has 0 heterocycles. The number of benzene rings is 2. The first-order valence-corrected chi connectivity index (χ1v) is 8.19. The van der Waals surface area contributed by atoms with Gasteiger partial charge in [0.15, 0.2) is 23.0 Å². The van der Waals surface area contributed by atoms with E-state index < -0.39 is 6.10 Å². The number of nitrogens with one attached hydrogen (secondary N) is 1. The predicted molar refractivity (Wildman–Crippen MR) is 105 cm³/mol. The van der Waals surface area contributed by atoms with E-state index in [0.29, 0.717) is 42.3 Å². The van der Waals surface area contributed by atoms with Gasteiger partial charge in [-0.2, -0.15) is 0 Å². The van der Waals surface area contributed by atoms with Gasteiger partial charge in [-0.1, -0.05) is 6.07 Å². The van der Waals surface area contributed by atoms with Crippen LogP contribution in [-0.4, -0.2) is 49.7 Å². The van der Waals surface area contributed by atoms with E-state index in [1.54, 1.807) is 27.4 Å². The molecule has 2 rings (SSSR count). The lowest BCUT2D eigenvalue weighted by Gasteiger charge is -2.15. The van der Waals surface area contributed by atoms with Gasteiger partial charge in [0.05, 0.1) is 27.4 Å². The summed E-state index contributed by atoms with van der Waals surface area (Å²) in [6.07, 6.45) is -0.0917. The van der Waals surface area contributed by atoms with Crippen LogP contribution in [0.4, 0.5) is 0 Å². The zero-order valence-corrected chi connectivity index (χ0v) is 16.4. The van der Waals surface area contributed by atoms with Crippen molar-refractivity contribution in [1.29, 1.82) is 0 Å². The van der Waals surface area contributed by atoms with Crippen LogP contribution in [-0.2, 0) is 6.42 Å². The largest absolute Gasteiger partial charge is 0.504 e. The Bertz CT molecular complexity index is 715. The number of aliphatic hydroxyl groups is 1. The van der Waals surface area contributed by atoms with Crippen molar-refractivity contribution in [2.75, 3.05) is 34.4 Å². The maximum absolute atomic E-state index is 10.2. The summed E-state index contributed by atoms with van der Waals surface area (Å²) in [7, 11) is 4.70. The van der Waals surface area contributed by atoms with Gasteiger partial charge < -0.3 is 34.8 Å². The average Bonchev–Trinajstić information content (AvgIpc) is 2.66. The quantitative estimate of drug-likeness (QED) is 0.379. The van der Waals surface area contributed by atoms with Gasteiger partial charge in [-0.05, 0) is 48.4 Å². The molecule has 4 N–H and O–H groups in total. The standard InChI is InChI=1S/C19H25NO6.ClH/c1-24-17-8-12(9-18(25-2)19(17)26-3)6-7-20-11-16(23)13-4-5-14(21)15(22)10-13;/h4-5,8-10,16,20-23H,6-7,11H2,1-3H3;1H. The Morgan fingerprint density at radius 3 is 2.07 bits per heavy atom. The smallest absolute Gasteiger partial charge is 0.203 e. The number of hydrogen-bond acceptors (Lipinski definition) is 7. The molecule has 0 spiro atoms. The minimum Gasteiger partial charge on any atom is -0.504 e. The van der Waals surface area contributed by atoms with Crippen LogP contribution in [0.15, 0.2) is 30.3 Å². The normalized spacial score (nSPS) is 11.4. The molecular formula is C19H26ClNO6. The van der Waals surface area contributed by atoms with Crippen molar-refractivity contribution in [3.05, 3.63) is 41.5 Å². The molecule has 0 saturated carbocycles. The first-order chi connectivity index (χ1) is 12.5. The summed E-state index contributed by atoms with van der Waals surface area (Å²) in [6.45, 7) is 0.939. The molecule has 0 bridgehead atoms. The van der Waals surface area contributed by atoms with Crippen molar-refractivity contribution in [1.82, 2.24) is 5.32 Å². The van der Waals surface area contributed by atoms with Crippen LogP contribution in [0.1, 0.15) is 17.2 Å². The van der Waals surface area contributed by atoms with Gasteiger partial charge in [0.25, 0.3) is 0 Å². The topological polar surface area (TPSA) is 100 Å². The summed E-state index contributed by atoms with van der Waals surface area (Å²) in [4.78, 5) is 0. The summed E-state index contributed by atoms with van der Waals surface area (Å²) in [6, 6.07) is 8.04. The Morgan fingerprint density at radius 2 is 1.56 bits per heavy atom. The lowest BCUT2D eigenvalue weighted by Crippen LogP contribution is -2.23. The monoisotopic (exact) mass is 399 g/mol. The number of halogens is 1. The van der Waals surface area contributed by atoms with Crippen LogP contribution in [0.5, 0.6) is 28.7 Å². The third-order valence-electron chi connectivity index (χ3n) is 4.04. The third-order valence-corrected chi connectivity index (χ3v) is 4.04. The Morgan fingerprint density at radius 1 is 0.926 bits per heavy atom. The van der Waals surface area contributed by atoms with Gasteiger partial charge in [-0.3, -0.25) is 0 Å². The molecule has 0 aliphatic rings. The number of phenolic OH excluding ortho intramolecular Hbond substituents is 2. The minimum absolute atomic E-state index is 0. The maximum atomic E-state index is 10.2. The molecule has 27 heavy (non-hydrogen) atoms. The number of ether oxygens (including phenoxy) is 3. The summed E-state index contributed by atoms with van der Waals surface area (Å²) in [5.74, 6) is 1.28. The molecule has 0 saturated heterocycles. The van der Waals surface area contributed by atoms with Crippen LogP contribution in [0.25, 0.3) is 0 Å². The zero-order chi connectivity index (χ0) is 19.1. The fraction of sp³-hybridized carbons (Fsp3) is 0.368. The van der Waals surface area contributed by atoms with Crippen LogP contribution in [0, 0.1) is 0 Å². The number of aliphatic hydroxyl groups excluding tert-OH is 1. The summed E-state index contributed by atoms with van der Waals surface area (Å²) >= 11 is 0. The summed E-state index contributed by atoms with van der Waals surface area (Å²) < 4.78 is 16.0. The molecule has 0 aliphatic heterocycles. The minimum atomic E-state index is -0.790. The molecule has 2 aromatic carbocycles. The molecule has 0 aromatic heterocycles. The second kappa shape index (κ2) is 10.7. The molecule has 7 nitrogen and oxygen atoms in total. The average molecular weight is 400 g/mol. The molecule has 0 fully saturated rings. The Balaban J connectivity index is 0.00000364. The number of phenols is 2. The van der Waals surface area contributed by atoms with Crippen LogP contribution in [0.3, 0.4) is 0 Å². The van der Waals surface area contributed by atoms with Gasteiger partial charge >= 0.3 is 0 Å². The van der Waals surface area contributed by atoms with Crippen molar-refractivity contribution in [2.45, 2.75) is 12.5 Å². The van der Waals surface area contributed by atoms with E-state index >= 15 is 0 Å². The number of aromatic hydroxyl groups is 2.